The summed E-state index contributed by atoms with van der Waals surface area (Å²) in [6.07, 6.45) is 2.11. The van der Waals surface area contributed by atoms with Crippen molar-refractivity contribution in [3.05, 3.63) is 58.7 Å². The van der Waals surface area contributed by atoms with E-state index in [0.29, 0.717) is 23.7 Å². The molecule has 3 heterocycles. The lowest BCUT2D eigenvalue weighted by atomic mass is 10.0. The standard InChI is InChI=1S/C28H32ClF3N5O3PSi/c1-41(2,38)25-12-22(40-28(30,31)32)9-10-24(25)35-26-23(29)13-33-27(36-26)34-19-6-3-17-4-7-20(8-5-18(17)11-19)37-16-42-15-21(37)14-39-42/h3,6,9-13,20-21,42H,4-5,7-8,14-16H2,1-2H3,(H2,33,34,35,36)/t20?,21-,42+/m1/s1. The van der Waals surface area contributed by atoms with Gasteiger partial charge in [-0.1, -0.05) is 17.7 Å². The highest BCUT2D eigenvalue weighted by Gasteiger charge is 2.43. The molecule has 3 aliphatic rings. The van der Waals surface area contributed by atoms with E-state index in [2.05, 4.69) is 42.4 Å². The normalized spacial score (nSPS) is 22.5. The van der Waals surface area contributed by atoms with E-state index >= 15 is 0 Å². The van der Waals surface area contributed by atoms with Crippen LogP contribution in [0.25, 0.3) is 0 Å². The van der Waals surface area contributed by atoms with Crippen molar-refractivity contribution in [1.82, 2.24) is 14.9 Å². The van der Waals surface area contributed by atoms with Crippen molar-refractivity contribution < 1.29 is 26.9 Å². The lowest BCUT2D eigenvalue weighted by Gasteiger charge is -2.34. The molecule has 2 N–H and O–H groups in total. The number of anilines is 4. The van der Waals surface area contributed by atoms with Crippen LogP contribution in [0.3, 0.4) is 0 Å². The van der Waals surface area contributed by atoms with Gasteiger partial charge in [0.15, 0.2) is 14.9 Å². The summed E-state index contributed by atoms with van der Waals surface area (Å²) in [7, 11) is -4.00. The third kappa shape index (κ3) is 6.63. The van der Waals surface area contributed by atoms with Crippen molar-refractivity contribution in [2.75, 3.05) is 36.7 Å². The van der Waals surface area contributed by atoms with E-state index in [9.17, 15) is 17.7 Å². The first kappa shape index (κ1) is 29.4. The molecule has 0 spiro atoms. The minimum absolute atomic E-state index is 0.175. The van der Waals surface area contributed by atoms with Crippen molar-refractivity contribution in [3.8, 4) is 5.75 Å². The second kappa shape index (κ2) is 11.5. The number of ether oxygens (including phenoxy) is 1. The molecule has 0 saturated carbocycles. The Balaban J connectivity index is 1.17. The predicted octanol–water partition coefficient (Wildman–Crippen LogP) is 5.99. The van der Waals surface area contributed by atoms with E-state index in [1.807, 2.05) is 6.07 Å². The maximum Gasteiger partial charge on any atom is 0.573 e. The second-order valence-electron chi connectivity index (χ2n) is 11.5. The molecule has 14 heteroatoms. The lowest BCUT2D eigenvalue weighted by molar-refractivity contribution is -0.274. The molecular formula is C28H32ClF3N5O3PSi. The Morgan fingerprint density at radius 2 is 1.88 bits per heavy atom. The number of nitrogens with zero attached hydrogens (tertiary/aromatic N) is 3. The molecule has 2 aromatic carbocycles. The Labute approximate surface area is 249 Å². The number of halogens is 4. The Morgan fingerprint density at radius 1 is 1.10 bits per heavy atom. The zero-order valence-corrected chi connectivity index (χ0v) is 26.1. The van der Waals surface area contributed by atoms with Crippen LogP contribution in [0.1, 0.15) is 24.0 Å². The Morgan fingerprint density at radius 3 is 2.57 bits per heavy atom. The Kier molecular flexibility index (Phi) is 8.03. The summed E-state index contributed by atoms with van der Waals surface area (Å²) in [5, 5.41) is 6.65. The molecule has 2 bridgehead atoms. The van der Waals surface area contributed by atoms with E-state index in [0.717, 1.165) is 43.7 Å². The van der Waals surface area contributed by atoms with Crippen LogP contribution in [0, 0.1) is 0 Å². The van der Waals surface area contributed by atoms with Gasteiger partial charge in [-0.15, -0.1) is 13.2 Å². The number of aromatic nitrogens is 2. The Bertz CT molecular complexity index is 1540. The van der Waals surface area contributed by atoms with Crippen molar-refractivity contribution in [1.29, 1.82) is 0 Å². The second-order valence-corrected chi connectivity index (χ2v) is 17.5. The van der Waals surface area contributed by atoms with Gasteiger partial charge in [0, 0.05) is 35.9 Å². The van der Waals surface area contributed by atoms with Crippen LogP contribution >= 0.6 is 18.7 Å². The van der Waals surface area contributed by atoms with Crippen LogP contribution in [-0.4, -0.2) is 68.5 Å². The van der Waals surface area contributed by atoms with Gasteiger partial charge < -0.3 is 24.4 Å². The third-order valence-electron chi connectivity index (χ3n) is 8.15. The molecule has 6 rings (SSSR count). The summed E-state index contributed by atoms with van der Waals surface area (Å²) < 4.78 is 61.2. The molecule has 8 nitrogen and oxygen atoms in total. The first-order chi connectivity index (χ1) is 19.9. The molecule has 1 aromatic heterocycles. The van der Waals surface area contributed by atoms with Crippen LogP contribution < -0.4 is 20.7 Å². The number of rotatable bonds is 7. The van der Waals surface area contributed by atoms with Gasteiger partial charge in [0.2, 0.25) is 5.95 Å². The molecule has 0 amide bonds. The third-order valence-corrected chi connectivity index (χ3v) is 12.5. The lowest BCUT2D eigenvalue weighted by Crippen LogP contribution is -2.45. The topological polar surface area (TPSA) is 88.6 Å². The summed E-state index contributed by atoms with van der Waals surface area (Å²) in [6.45, 7) is 3.85. The highest BCUT2D eigenvalue weighted by atomic mass is 35.5. The van der Waals surface area contributed by atoms with Crippen LogP contribution in [-0.2, 0) is 21.8 Å². The molecule has 1 aliphatic carbocycles. The van der Waals surface area contributed by atoms with Gasteiger partial charge >= 0.3 is 6.36 Å². The van der Waals surface area contributed by atoms with Crippen molar-refractivity contribution in [2.24, 2.45) is 0 Å². The summed E-state index contributed by atoms with van der Waals surface area (Å²) in [5.74, 6) is 0.0562. The fourth-order valence-electron chi connectivity index (χ4n) is 6.21. The molecule has 3 aromatic rings. The maximum atomic E-state index is 12.9. The largest absolute Gasteiger partial charge is 0.573 e. The van der Waals surface area contributed by atoms with E-state index in [1.54, 1.807) is 0 Å². The summed E-state index contributed by atoms with van der Waals surface area (Å²) in [6, 6.07) is 12.5. The molecular weight excluding hydrogens is 606 g/mol. The molecule has 2 saturated heterocycles. The fourth-order valence-corrected chi connectivity index (χ4v) is 10.5. The van der Waals surface area contributed by atoms with Crippen molar-refractivity contribution in [2.45, 2.75) is 50.2 Å². The van der Waals surface area contributed by atoms with Crippen LogP contribution in [0.4, 0.5) is 36.3 Å². The molecule has 42 heavy (non-hydrogen) atoms. The fraction of sp³-hybridized carbons (Fsp3) is 0.429. The highest BCUT2D eigenvalue weighted by Crippen LogP contribution is 2.41. The van der Waals surface area contributed by atoms with Crippen molar-refractivity contribution in [3.63, 3.8) is 0 Å². The van der Waals surface area contributed by atoms with E-state index < -0.39 is 28.3 Å². The minimum Gasteiger partial charge on any atom is -0.417 e. The molecule has 2 fully saturated rings. The summed E-state index contributed by atoms with van der Waals surface area (Å²) in [5.41, 5.74) is 3.85. The SMILES string of the molecule is CP(C)(=O)c1cc(OC(F)(F)F)ccc1Nc1nc(Nc2ccc3c(c2)CCC(N2C[Si@@H]4C[C@H]2CO4)CC3)ncc1Cl. The minimum atomic E-state index is -4.86. The van der Waals surface area contributed by atoms with Gasteiger partial charge in [-0.3, -0.25) is 4.90 Å². The van der Waals surface area contributed by atoms with Crippen LogP contribution in [0.2, 0.25) is 11.1 Å². The number of hydrogen-bond acceptors (Lipinski definition) is 8. The van der Waals surface area contributed by atoms with Crippen LogP contribution in [0.15, 0.2) is 42.6 Å². The molecule has 3 atom stereocenters. The van der Waals surface area contributed by atoms with Gasteiger partial charge in [-0.2, -0.15) is 4.98 Å². The summed E-state index contributed by atoms with van der Waals surface area (Å²) in [4.78, 5) is 11.5. The first-order valence-electron chi connectivity index (χ1n) is 13.9. The van der Waals surface area contributed by atoms with Gasteiger partial charge in [0.05, 0.1) is 11.9 Å². The number of aryl methyl sites for hydroxylation is 2. The monoisotopic (exact) mass is 637 g/mol. The van der Waals surface area contributed by atoms with Gasteiger partial charge in [-0.05, 0) is 86.5 Å². The van der Waals surface area contributed by atoms with Gasteiger partial charge in [-0.25, -0.2) is 4.98 Å². The average Bonchev–Trinajstić information content (AvgIpc) is 3.49. The number of benzene rings is 2. The molecule has 0 radical (unpaired) electrons. The molecule has 224 valence electrons. The molecule has 1 unspecified atom stereocenters. The van der Waals surface area contributed by atoms with Gasteiger partial charge in [0.25, 0.3) is 0 Å². The van der Waals surface area contributed by atoms with E-state index in [4.69, 9.17) is 16.0 Å². The number of hydrogen-bond donors (Lipinski definition) is 2. The highest BCUT2D eigenvalue weighted by molar-refractivity contribution is 7.70. The number of fused-ring (bicyclic) bond motifs is 3. The maximum absolute atomic E-state index is 12.9. The van der Waals surface area contributed by atoms with Crippen molar-refractivity contribution >= 4 is 56.2 Å². The van der Waals surface area contributed by atoms with E-state index in [1.165, 1.54) is 55.4 Å². The zero-order valence-electron chi connectivity index (χ0n) is 23.2. The quantitative estimate of drug-likeness (QED) is 0.186. The zero-order chi connectivity index (χ0) is 29.6. The first-order valence-corrected chi connectivity index (χ1v) is 19.0. The van der Waals surface area contributed by atoms with E-state index in [-0.39, 0.29) is 16.1 Å². The Hall–Kier alpha value is -2.63. The predicted molar refractivity (Wildman–Crippen MR) is 161 cm³/mol. The summed E-state index contributed by atoms with van der Waals surface area (Å²) >= 11 is 6.37. The molecule has 2 aliphatic heterocycles. The van der Waals surface area contributed by atoms with Crippen LogP contribution in [0.5, 0.6) is 5.75 Å². The number of nitrogens with one attached hydrogen (secondary N) is 2. The smallest absolute Gasteiger partial charge is 0.417 e. The average molecular weight is 638 g/mol. The van der Waals surface area contributed by atoms with Gasteiger partial charge in [0.1, 0.15) is 17.9 Å². The number of alkyl halides is 3.